The monoisotopic (exact) mass is 236 g/mol. The smallest absolute Gasteiger partial charge is 0.255 e. The molecule has 1 rings (SSSR count). The van der Waals surface area contributed by atoms with Crippen molar-refractivity contribution in [2.24, 2.45) is 0 Å². The fraction of sp³-hybridized carbons (Fsp3) is 0.778. The van der Waals surface area contributed by atoms with Crippen molar-refractivity contribution in [2.75, 3.05) is 19.7 Å². The first-order chi connectivity index (χ1) is 7.54. The summed E-state index contributed by atoms with van der Waals surface area (Å²) in [6.07, 6.45) is -2.09. The van der Waals surface area contributed by atoms with Crippen LogP contribution in [0.1, 0.15) is 12.8 Å². The van der Waals surface area contributed by atoms with E-state index in [-0.39, 0.29) is 25.5 Å². The van der Waals surface area contributed by atoms with E-state index in [4.69, 9.17) is 5.11 Å². The highest BCUT2D eigenvalue weighted by atomic mass is 19.3. The van der Waals surface area contributed by atoms with Crippen LogP contribution in [0, 0.1) is 0 Å². The Labute approximate surface area is 91.4 Å². The van der Waals surface area contributed by atoms with Gasteiger partial charge in [0.15, 0.2) is 0 Å². The predicted molar refractivity (Wildman–Crippen MR) is 50.8 cm³/mol. The van der Waals surface area contributed by atoms with Gasteiger partial charge in [-0.15, -0.1) is 0 Å². The van der Waals surface area contributed by atoms with Crippen molar-refractivity contribution in [3.63, 3.8) is 0 Å². The molecule has 1 atom stereocenters. The van der Waals surface area contributed by atoms with Crippen LogP contribution < -0.4 is 5.32 Å². The second-order valence-electron chi connectivity index (χ2n) is 3.56. The first-order valence-corrected chi connectivity index (χ1v) is 5.01. The SMILES string of the molecule is O=C1CC[C@@H](C(=O)N(CCO)CC(F)F)N1. The van der Waals surface area contributed by atoms with Crippen molar-refractivity contribution in [1.82, 2.24) is 10.2 Å². The van der Waals surface area contributed by atoms with Crippen molar-refractivity contribution >= 4 is 11.8 Å². The van der Waals surface area contributed by atoms with Crippen molar-refractivity contribution in [1.29, 1.82) is 0 Å². The molecule has 1 heterocycles. The van der Waals surface area contributed by atoms with Crippen LogP contribution in [0.15, 0.2) is 0 Å². The summed E-state index contributed by atoms with van der Waals surface area (Å²) in [6, 6.07) is -0.724. The number of aliphatic hydroxyl groups excluding tert-OH is 1. The van der Waals surface area contributed by atoms with Crippen LogP contribution in [0.4, 0.5) is 8.78 Å². The average Bonchev–Trinajstić information content (AvgIpc) is 2.62. The molecule has 2 amide bonds. The van der Waals surface area contributed by atoms with Crippen LogP contribution in [0.3, 0.4) is 0 Å². The second kappa shape index (κ2) is 5.74. The van der Waals surface area contributed by atoms with E-state index in [9.17, 15) is 18.4 Å². The summed E-state index contributed by atoms with van der Waals surface area (Å²) in [5.74, 6) is -0.806. The van der Waals surface area contributed by atoms with Crippen LogP contribution in [0.25, 0.3) is 0 Å². The zero-order valence-corrected chi connectivity index (χ0v) is 8.66. The molecular weight excluding hydrogens is 222 g/mol. The van der Waals surface area contributed by atoms with E-state index in [2.05, 4.69) is 5.32 Å². The van der Waals surface area contributed by atoms with E-state index >= 15 is 0 Å². The molecule has 5 nitrogen and oxygen atoms in total. The molecular formula is C9H14F2N2O3. The molecule has 1 saturated heterocycles. The summed E-state index contributed by atoms with van der Waals surface area (Å²) in [7, 11) is 0. The van der Waals surface area contributed by atoms with Gasteiger partial charge >= 0.3 is 0 Å². The van der Waals surface area contributed by atoms with E-state index in [0.29, 0.717) is 6.42 Å². The molecule has 0 aromatic heterocycles. The van der Waals surface area contributed by atoms with Crippen molar-refractivity contribution in [3.8, 4) is 0 Å². The van der Waals surface area contributed by atoms with Crippen molar-refractivity contribution in [3.05, 3.63) is 0 Å². The number of nitrogens with zero attached hydrogens (tertiary/aromatic N) is 1. The standard InChI is InChI=1S/C9H14F2N2O3/c10-7(11)5-13(3-4-14)9(16)6-1-2-8(15)12-6/h6-7,14H,1-5H2,(H,12,15)/t6-/m0/s1. The van der Waals surface area contributed by atoms with Gasteiger partial charge in [0.05, 0.1) is 13.2 Å². The van der Waals surface area contributed by atoms with Gasteiger partial charge in [0.25, 0.3) is 6.43 Å². The lowest BCUT2D eigenvalue weighted by atomic mass is 10.2. The van der Waals surface area contributed by atoms with Crippen LogP contribution in [-0.2, 0) is 9.59 Å². The molecule has 16 heavy (non-hydrogen) atoms. The topological polar surface area (TPSA) is 69.6 Å². The summed E-state index contributed by atoms with van der Waals surface area (Å²) in [5.41, 5.74) is 0. The molecule has 92 valence electrons. The van der Waals surface area contributed by atoms with Gasteiger partial charge in [-0.05, 0) is 6.42 Å². The third-order valence-electron chi connectivity index (χ3n) is 2.33. The summed E-state index contributed by atoms with van der Waals surface area (Å²) >= 11 is 0. The van der Waals surface area contributed by atoms with Crippen molar-refractivity contribution < 1.29 is 23.5 Å². The number of hydrogen-bond acceptors (Lipinski definition) is 3. The Balaban J connectivity index is 2.55. The Kier molecular flexibility index (Phi) is 4.60. The summed E-state index contributed by atoms with van der Waals surface area (Å²) in [6.45, 7) is -1.24. The highest BCUT2D eigenvalue weighted by Crippen LogP contribution is 2.10. The third-order valence-corrected chi connectivity index (χ3v) is 2.33. The number of rotatable bonds is 5. The fourth-order valence-electron chi connectivity index (χ4n) is 1.60. The molecule has 1 aliphatic rings. The molecule has 0 saturated carbocycles. The number of halogens is 2. The van der Waals surface area contributed by atoms with Crippen molar-refractivity contribution in [2.45, 2.75) is 25.3 Å². The Morgan fingerprint density at radius 1 is 1.62 bits per heavy atom. The third kappa shape index (κ3) is 3.41. The molecule has 7 heteroatoms. The van der Waals surface area contributed by atoms with Crippen LogP contribution in [0.2, 0.25) is 0 Å². The molecule has 0 spiro atoms. The number of nitrogens with one attached hydrogen (secondary N) is 1. The molecule has 0 aliphatic carbocycles. The van der Waals surface area contributed by atoms with E-state index in [1.165, 1.54) is 0 Å². The maximum absolute atomic E-state index is 12.2. The number of alkyl halides is 2. The van der Waals surface area contributed by atoms with Gasteiger partial charge in [0.1, 0.15) is 6.04 Å². The number of carbonyl (C=O) groups excluding carboxylic acids is 2. The largest absolute Gasteiger partial charge is 0.395 e. The molecule has 2 N–H and O–H groups in total. The predicted octanol–water partition coefficient (Wildman–Crippen LogP) is -0.649. The lowest BCUT2D eigenvalue weighted by Crippen LogP contribution is -2.47. The van der Waals surface area contributed by atoms with Gasteiger partial charge in [-0.2, -0.15) is 0 Å². The van der Waals surface area contributed by atoms with E-state index in [1.54, 1.807) is 0 Å². The van der Waals surface area contributed by atoms with Crippen LogP contribution >= 0.6 is 0 Å². The molecule has 0 unspecified atom stereocenters. The molecule has 1 aliphatic heterocycles. The Hall–Kier alpha value is -1.24. The van der Waals surface area contributed by atoms with Gasteiger partial charge in [-0.1, -0.05) is 0 Å². The van der Waals surface area contributed by atoms with Crippen LogP contribution in [-0.4, -0.2) is 54.0 Å². The van der Waals surface area contributed by atoms with Gasteiger partial charge < -0.3 is 15.3 Å². The second-order valence-corrected chi connectivity index (χ2v) is 3.56. The number of hydrogen-bond donors (Lipinski definition) is 2. The maximum Gasteiger partial charge on any atom is 0.255 e. The van der Waals surface area contributed by atoms with E-state index in [1.807, 2.05) is 0 Å². The Morgan fingerprint density at radius 3 is 2.75 bits per heavy atom. The van der Waals surface area contributed by atoms with Gasteiger partial charge in [0.2, 0.25) is 11.8 Å². The summed E-state index contributed by atoms with van der Waals surface area (Å²) < 4.78 is 24.3. The van der Waals surface area contributed by atoms with Gasteiger partial charge in [0, 0.05) is 13.0 Å². The quantitative estimate of drug-likeness (QED) is 0.666. The van der Waals surface area contributed by atoms with Gasteiger partial charge in [-0.25, -0.2) is 8.78 Å². The van der Waals surface area contributed by atoms with Crippen LogP contribution in [0.5, 0.6) is 0 Å². The highest BCUT2D eigenvalue weighted by molar-refractivity contribution is 5.90. The molecule has 0 aromatic rings. The van der Waals surface area contributed by atoms with E-state index < -0.39 is 24.9 Å². The minimum atomic E-state index is -2.65. The zero-order chi connectivity index (χ0) is 12.1. The molecule has 0 radical (unpaired) electrons. The zero-order valence-electron chi connectivity index (χ0n) is 8.66. The molecule has 0 bridgehead atoms. The Morgan fingerprint density at radius 2 is 2.31 bits per heavy atom. The number of amides is 2. The first kappa shape index (κ1) is 12.8. The Bertz CT molecular complexity index is 273. The number of aliphatic hydroxyl groups is 1. The van der Waals surface area contributed by atoms with Gasteiger partial charge in [-0.3, -0.25) is 9.59 Å². The normalized spacial score (nSPS) is 20.0. The van der Waals surface area contributed by atoms with E-state index in [0.717, 1.165) is 4.90 Å². The summed E-state index contributed by atoms with van der Waals surface area (Å²) in [4.78, 5) is 23.4. The fourth-order valence-corrected chi connectivity index (χ4v) is 1.60. The minimum absolute atomic E-state index is 0.143. The summed E-state index contributed by atoms with van der Waals surface area (Å²) in [5, 5.41) is 11.1. The lowest BCUT2D eigenvalue weighted by molar-refractivity contribution is -0.136. The molecule has 0 aromatic carbocycles. The average molecular weight is 236 g/mol. The maximum atomic E-state index is 12.2. The minimum Gasteiger partial charge on any atom is -0.395 e. The lowest BCUT2D eigenvalue weighted by Gasteiger charge is -2.24. The first-order valence-electron chi connectivity index (χ1n) is 5.01. The highest BCUT2D eigenvalue weighted by Gasteiger charge is 2.31. The number of carbonyl (C=O) groups is 2. The molecule has 1 fully saturated rings.